The van der Waals surface area contributed by atoms with Crippen LogP contribution in [0.5, 0.6) is 0 Å². The quantitative estimate of drug-likeness (QED) is 0.821. The number of nitrogens with one attached hydrogen (secondary N) is 2. The molecule has 1 aliphatic rings. The van der Waals surface area contributed by atoms with Gasteiger partial charge in [-0.15, -0.1) is 12.4 Å². The summed E-state index contributed by atoms with van der Waals surface area (Å²) >= 11 is 3.33. The van der Waals surface area contributed by atoms with E-state index in [-0.39, 0.29) is 17.8 Å². The van der Waals surface area contributed by atoms with Crippen molar-refractivity contribution in [3.05, 3.63) is 28.2 Å². The lowest BCUT2D eigenvalue weighted by molar-refractivity contribution is 0.232. The molecule has 120 valence electrons. The minimum absolute atomic E-state index is 0. The molecule has 0 amide bonds. The van der Waals surface area contributed by atoms with Gasteiger partial charge in [-0.25, -0.2) is 13.1 Å². The summed E-state index contributed by atoms with van der Waals surface area (Å²) in [4.78, 5) is 0.306. The second kappa shape index (κ2) is 7.42. The Morgan fingerprint density at radius 3 is 2.52 bits per heavy atom. The van der Waals surface area contributed by atoms with Gasteiger partial charge >= 0.3 is 0 Å². The van der Waals surface area contributed by atoms with Gasteiger partial charge in [0.15, 0.2) is 0 Å². The molecule has 0 atom stereocenters. The largest absolute Gasteiger partial charge is 0.317 e. The van der Waals surface area contributed by atoms with Gasteiger partial charge in [-0.1, -0.05) is 13.0 Å². The molecule has 0 unspecified atom stereocenters. The van der Waals surface area contributed by atoms with E-state index in [1.807, 2.05) is 19.1 Å². The zero-order valence-corrected chi connectivity index (χ0v) is 15.5. The molecule has 1 heterocycles. The minimum atomic E-state index is -3.46. The predicted molar refractivity (Wildman–Crippen MR) is 91.5 cm³/mol. The molecule has 1 aromatic carbocycles. The van der Waals surface area contributed by atoms with Crippen LogP contribution in [0.3, 0.4) is 0 Å². The van der Waals surface area contributed by atoms with Crippen molar-refractivity contribution in [3.63, 3.8) is 0 Å². The summed E-state index contributed by atoms with van der Waals surface area (Å²) in [6.07, 6.45) is 1.98. The van der Waals surface area contributed by atoms with E-state index in [0.29, 0.717) is 15.9 Å². The normalized spacial score (nSPS) is 18.0. The monoisotopic (exact) mass is 396 g/mol. The first-order valence-corrected chi connectivity index (χ1v) is 9.07. The molecule has 1 saturated heterocycles. The van der Waals surface area contributed by atoms with Crippen molar-refractivity contribution in [3.8, 4) is 0 Å². The average molecular weight is 398 g/mol. The zero-order valence-electron chi connectivity index (χ0n) is 12.3. The van der Waals surface area contributed by atoms with Crippen LogP contribution >= 0.6 is 28.3 Å². The molecule has 0 radical (unpaired) electrons. The van der Waals surface area contributed by atoms with Crippen LogP contribution in [0.4, 0.5) is 0 Å². The molecule has 1 aliphatic heterocycles. The van der Waals surface area contributed by atoms with Crippen LogP contribution in [0.1, 0.15) is 25.3 Å². The summed E-state index contributed by atoms with van der Waals surface area (Å²) in [5, 5.41) is 3.30. The molecule has 1 aromatic rings. The van der Waals surface area contributed by atoms with Gasteiger partial charge in [0.25, 0.3) is 0 Å². The third kappa shape index (κ3) is 4.93. The Morgan fingerprint density at radius 1 is 1.33 bits per heavy atom. The molecule has 1 fully saturated rings. The topological polar surface area (TPSA) is 58.2 Å². The van der Waals surface area contributed by atoms with Crippen molar-refractivity contribution in [1.82, 2.24) is 10.0 Å². The molecular weight excluding hydrogens is 376 g/mol. The summed E-state index contributed by atoms with van der Waals surface area (Å²) < 4.78 is 28.2. The lowest BCUT2D eigenvalue weighted by atomic mass is 9.81. The van der Waals surface area contributed by atoms with Crippen LogP contribution in [0.25, 0.3) is 0 Å². The van der Waals surface area contributed by atoms with Gasteiger partial charge in [-0.05, 0) is 71.9 Å². The van der Waals surface area contributed by atoms with E-state index in [1.54, 1.807) is 6.07 Å². The Kier molecular flexibility index (Phi) is 6.68. The predicted octanol–water partition coefficient (Wildman–Crippen LogP) is 2.85. The molecule has 7 heteroatoms. The molecule has 0 bridgehead atoms. The van der Waals surface area contributed by atoms with E-state index in [1.165, 1.54) is 0 Å². The van der Waals surface area contributed by atoms with Crippen LogP contribution in [-0.2, 0) is 10.0 Å². The molecule has 0 spiro atoms. The van der Waals surface area contributed by atoms with Gasteiger partial charge < -0.3 is 5.32 Å². The summed E-state index contributed by atoms with van der Waals surface area (Å²) in [5.74, 6) is 0. The maximum Gasteiger partial charge on any atom is 0.241 e. The zero-order chi connectivity index (χ0) is 14.8. The molecule has 0 aromatic heterocycles. The fourth-order valence-corrected chi connectivity index (χ4v) is 4.77. The number of rotatable bonds is 4. The molecule has 2 N–H and O–H groups in total. The summed E-state index contributed by atoms with van der Waals surface area (Å²) in [5.41, 5.74) is 1.07. The van der Waals surface area contributed by atoms with Gasteiger partial charge in [0.2, 0.25) is 10.0 Å². The van der Waals surface area contributed by atoms with Crippen molar-refractivity contribution in [2.24, 2.45) is 5.41 Å². The first kappa shape index (κ1) is 18.9. The van der Waals surface area contributed by atoms with Crippen molar-refractivity contribution in [2.45, 2.75) is 31.6 Å². The van der Waals surface area contributed by atoms with Crippen molar-refractivity contribution >= 4 is 38.4 Å². The van der Waals surface area contributed by atoms with E-state index in [9.17, 15) is 8.42 Å². The van der Waals surface area contributed by atoms with Crippen LogP contribution < -0.4 is 10.0 Å². The first-order chi connectivity index (χ1) is 9.32. The number of benzene rings is 1. The SMILES string of the molecule is Cc1ccc(S(=O)(=O)NCC2(C)CCNCC2)c(Br)c1.Cl. The smallest absolute Gasteiger partial charge is 0.241 e. The number of piperidine rings is 1. The van der Waals surface area contributed by atoms with E-state index in [4.69, 9.17) is 0 Å². The minimum Gasteiger partial charge on any atom is -0.317 e. The first-order valence-electron chi connectivity index (χ1n) is 6.79. The van der Waals surface area contributed by atoms with Gasteiger partial charge in [-0.2, -0.15) is 0 Å². The molecule has 21 heavy (non-hydrogen) atoms. The maximum atomic E-state index is 12.4. The lowest BCUT2D eigenvalue weighted by Gasteiger charge is -2.34. The van der Waals surface area contributed by atoms with Crippen LogP contribution in [0.2, 0.25) is 0 Å². The Morgan fingerprint density at radius 2 is 1.95 bits per heavy atom. The van der Waals surface area contributed by atoms with E-state index >= 15 is 0 Å². The Balaban J connectivity index is 0.00000220. The number of halogens is 2. The fourth-order valence-electron chi connectivity index (χ4n) is 2.38. The van der Waals surface area contributed by atoms with Crippen molar-refractivity contribution in [2.75, 3.05) is 19.6 Å². The number of aryl methyl sites for hydroxylation is 1. The average Bonchev–Trinajstić information content (AvgIpc) is 2.37. The number of sulfonamides is 1. The number of hydrogen-bond donors (Lipinski definition) is 2. The summed E-state index contributed by atoms with van der Waals surface area (Å²) in [6.45, 7) is 6.46. The number of hydrogen-bond acceptors (Lipinski definition) is 3. The van der Waals surface area contributed by atoms with Crippen molar-refractivity contribution < 1.29 is 8.42 Å². The fraction of sp³-hybridized carbons (Fsp3) is 0.571. The van der Waals surface area contributed by atoms with Gasteiger partial charge in [-0.3, -0.25) is 0 Å². The lowest BCUT2D eigenvalue weighted by Crippen LogP contribution is -2.42. The van der Waals surface area contributed by atoms with E-state index < -0.39 is 10.0 Å². The van der Waals surface area contributed by atoms with Crippen molar-refractivity contribution in [1.29, 1.82) is 0 Å². The second-order valence-corrected chi connectivity index (χ2v) is 8.41. The second-order valence-electron chi connectivity index (χ2n) is 5.82. The van der Waals surface area contributed by atoms with Crippen LogP contribution in [0.15, 0.2) is 27.6 Å². The highest BCUT2D eigenvalue weighted by Gasteiger charge is 2.29. The van der Waals surface area contributed by atoms with E-state index in [0.717, 1.165) is 31.5 Å². The molecular formula is C14H22BrClN2O2S. The van der Waals surface area contributed by atoms with Gasteiger partial charge in [0.1, 0.15) is 0 Å². The molecule has 0 aliphatic carbocycles. The van der Waals surface area contributed by atoms with Gasteiger partial charge in [0, 0.05) is 11.0 Å². The third-order valence-electron chi connectivity index (χ3n) is 3.88. The molecule has 0 saturated carbocycles. The van der Waals surface area contributed by atoms with Crippen LogP contribution in [-0.4, -0.2) is 28.1 Å². The maximum absolute atomic E-state index is 12.4. The standard InChI is InChI=1S/C14H21BrN2O2S.ClH/c1-11-3-4-13(12(15)9-11)20(18,19)17-10-14(2)5-7-16-8-6-14;/h3-4,9,16-17H,5-8,10H2,1-2H3;1H. The van der Waals surface area contributed by atoms with Crippen LogP contribution in [0, 0.1) is 12.3 Å². The summed E-state index contributed by atoms with van der Waals surface area (Å²) in [6, 6.07) is 5.28. The van der Waals surface area contributed by atoms with Gasteiger partial charge in [0.05, 0.1) is 4.90 Å². The highest BCUT2D eigenvalue weighted by atomic mass is 79.9. The molecule has 4 nitrogen and oxygen atoms in total. The molecule has 2 rings (SSSR count). The van der Waals surface area contributed by atoms with E-state index in [2.05, 4.69) is 32.9 Å². The highest BCUT2D eigenvalue weighted by molar-refractivity contribution is 9.10. The Bertz CT molecular complexity index is 587. The Labute approximate surface area is 141 Å². The third-order valence-corrected chi connectivity index (χ3v) is 6.25. The Hall–Kier alpha value is -0.140. The highest BCUT2D eigenvalue weighted by Crippen LogP contribution is 2.28. The summed E-state index contributed by atoms with van der Waals surface area (Å²) in [7, 11) is -3.46.